The number of ether oxygens (including phenoxy) is 2. The monoisotopic (exact) mass is 573 g/mol. The van der Waals surface area contributed by atoms with Crippen LogP contribution < -0.4 is 9.47 Å². The minimum absolute atomic E-state index is 0.0692. The SMILES string of the molecule is COc1ccc(-c2ccc(OC(F)(F)F)cc2)cc1CN(C(=O)c1sc2ccccc2c1Cl)C1CCCCC1. The first-order chi connectivity index (χ1) is 18.7. The van der Waals surface area contributed by atoms with Crippen molar-refractivity contribution in [1.82, 2.24) is 4.90 Å². The molecule has 4 nitrogen and oxygen atoms in total. The molecular weight excluding hydrogens is 547 g/mol. The Kier molecular flexibility index (Phi) is 8.05. The highest BCUT2D eigenvalue weighted by Crippen LogP contribution is 2.38. The van der Waals surface area contributed by atoms with Crippen LogP contribution >= 0.6 is 22.9 Å². The van der Waals surface area contributed by atoms with Gasteiger partial charge in [0.05, 0.1) is 12.1 Å². The molecule has 0 bridgehead atoms. The predicted molar refractivity (Wildman–Crippen MR) is 149 cm³/mol. The van der Waals surface area contributed by atoms with Gasteiger partial charge in [0.1, 0.15) is 16.4 Å². The number of halogens is 4. The lowest BCUT2D eigenvalue weighted by molar-refractivity contribution is -0.274. The van der Waals surface area contributed by atoms with E-state index in [1.54, 1.807) is 19.2 Å². The van der Waals surface area contributed by atoms with Crippen molar-refractivity contribution in [2.45, 2.75) is 51.1 Å². The van der Waals surface area contributed by atoms with Crippen molar-refractivity contribution in [1.29, 1.82) is 0 Å². The van der Waals surface area contributed by atoms with Crippen LogP contribution in [-0.2, 0) is 6.54 Å². The molecule has 204 valence electrons. The van der Waals surface area contributed by atoms with E-state index in [1.807, 2.05) is 47.4 Å². The fraction of sp³-hybridized carbons (Fsp3) is 0.300. The molecule has 0 radical (unpaired) electrons. The van der Waals surface area contributed by atoms with Gasteiger partial charge in [-0.2, -0.15) is 0 Å². The highest BCUT2D eigenvalue weighted by molar-refractivity contribution is 7.21. The third-order valence-electron chi connectivity index (χ3n) is 7.05. The van der Waals surface area contributed by atoms with E-state index in [-0.39, 0.29) is 17.7 Å². The summed E-state index contributed by atoms with van der Waals surface area (Å²) in [6.07, 6.45) is 0.334. The van der Waals surface area contributed by atoms with Crippen molar-refractivity contribution in [3.05, 3.63) is 82.2 Å². The van der Waals surface area contributed by atoms with E-state index in [1.165, 1.54) is 23.5 Å². The van der Waals surface area contributed by atoms with Crippen LogP contribution in [0.5, 0.6) is 11.5 Å². The Morgan fingerprint density at radius 3 is 2.36 bits per heavy atom. The maximum atomic E-state index is 14.1. The highest BCUT2D eigenvalue weighted by atomic mass is 35.5. The molecular formula is C30H27ClF3NO3S. The van der Waals surface area contributed by atoms with Crippen molar-refractivity contribution in [2.24, 2.45) is 0 Å². The van der Waals surface area contributed by atoms with Crippen LogP contribution in [0.1, 0.15) is 47.3 Å². The third-order valence-corrected chi connectivity index (χ3v) is 8.71. The summed E-state index contributed by atoms with van der Waals surface area (Å²) in [4.78, 5) is 16.5. The van der Waals surface area contributed by atoms with E-state index in [0.29, 0.717) is 22.2 Å². The number of fused-ring (bicyclic) bond motifs is 1. The second-order valence-electron chi connectivity index (χ2n) is 9.57. The average molecular weight is 574 g/mol. The molecule has 4 aromatic rings. The quantitative estimate of drug-likeness (QED) is 0.221. The van der Waals surface area contributed by atoms with Gasteiger partial charge in [-0.05, 0) is 54.3 Å². The van der Waals surface area contributed by atoms with Gasteiger partial charge < -0.3 is 14.4 Å². The molecule has 39 heavy (non-hydrogen) atoms. The van der Waals surface area contributed by atoms with Gasteiger partial charge >= 0.3 is 6.36 Å². The second kappa shape index (κ2) is 11.5. The van der Waals surface area contributed by atoms with Gasteiger partial charge in [-0.3, -0.25) is 4.79 Å². The van der Waals surface area contributed by atoms with Gasteiger partial charge in [-0.15, -0.1) is 24.5 Å². The molecule has 9 heteroatoms. The van der Waals surface area contributed by atoms with Gasteiger partial charge in [-0.25, -0.2) is 0 Å². The Labute approximate surface area is 233 Å². The fourth-order valence-corrected chi connectivity index (χ4v) is 6.62. The van der Waals surface area contributed by atoms with E-state index < -0.39 is 6.36 Å². The number of benzene rings is 3. The zero-order valence-corrected chi connectivity index (χ0v) is 22.8. The molecule has 1 fully saturated rings. The van der Waals surface area contributed by atoms with Crippen molar-refractivity contribution >= 4 is 38.9 Å². The van der Waals surface area contributed by atoms with E-state index in [4.69, 9.17) is 16.3 Å². The van der Waals surface area contributed by atoms with Gasteiger partial charge in [0, 0.05) is 28.2 Å². The molecule has 1 heterocycles. The fourth-order valence-electron chi connectivity index (χ4n) is 5.16. The first-order valence-corrected chi connectivity index (χ1v) is 13.9. The Balaban J connectivity index is 1.48. The highest BCUT2D eigenvalue weighted by Gasteiger charge is 2.32. The van der Waals surface area contributed by atoms with Gasteiger partial charge in [0.2, 0.25) is 0 Å². The van der Waals surface area contributed by atoms with Gasteiger partial charge in [-0.1, -0.05) is 67.3 Å². The Morgan fingerprint density at radius 1 is 1.00 bits per heavy atom. The van der Waals surface area contributed by atoms with E-state index in [0.717, 1.165) is 58.9 Å². The van der Waals surface area contributed by atoms with Crippen molar-refractivity contribution in [2.75, 3.05) is 7.11 Å². The number of amides is 1. The smallest absolute Gasteiger partial charge is 0.496 e. The molecule has 0 aliphatic heterocycles. The molecule has 5 rings (SSSR count). The van der Waals surface area contributed by atoms with Crippen LogP contribution in [0.3, 0.4) is 0 Å². The summed E-state index contributed by atoms with van der Waals surface area (Å²) in [6.45, 7) is 0.320. The van der Waals surface area contributed by atoms with Crippen LogP contribution in [0.25, 0.3) is 21.2 Å². The van der Waals surface area contributed by atoms with Crippen LogP contribution in [0.4, 0.5) is 13.2 Å². The number of carbonyl (C=O) groups excluding carboxylic acids is 1. The normalized spacial score (nSPS) is 14.4. The van der Waals surface area contributed by atoms with Crippen molar-refractivity contribution in [3.8, 4) is 22.6 Å². The lowest BCUT2D eigenvalue weighted by atomic mass is 9.93. The number of hydrogen-bond donors (Lipinski definition) is 0. The number of rotatable bonds is 7. The summed E-state index contributed by atoms with van der Waals surface area (Å²) in [7, 11) is 1.58. The number of thiophene rings is 1. The van der Waals surface area contributed by atoms with E-state index >= 15 is 0 Å². The Bertz CT molecular complexity index is 1460. The summed E-state index contributed by atoms with van der Waals surface area (Å²) in [6, 6.07) is 19.1. The first kappa shape index (κ1) is 27.3. The largest absolute Gasteiger partial charge is 0.573 e. The Morgan fingerprint density at radius 2 is 1.69 bits per heavy atom. The third kappa shape index (κ3) is 6.17. The molecule has 0 atom stereocenters. The summed E-state index contributed by atoms with van der Waals surface area (Å²) >= 11 is 8.12. The van der Waals surface area contributed by atoms with Crippen molar-refractivity contribution < 1.29 is 27.4 Å². The predicted octanol–water partition coefficient (Wildman–Crippen LogP) is 9.10. The molecule has 1 aliphatic carbocycles. The summed E-state index contributed by atoms with van der Waals surface area (Å²) in [5, 5.41) is 1.34. The minimum atomic E-state index is -4.75. The standard InChI is InChI=1S/C30H27ClF3NO3S/c1-37-25-16-13-20(19-11-14-23(15-12-19)38-30(32,33)34)17-21(25)18-35(22-7-3-2-4-8-22)29(36)28-27(31)24-9-5-6-10-26(24)39-28/h5-6,9-17,22H,2-4,7-8,18H2,1H3. The molecule has 0 spiro atoms. The number of methoxy groups -OCH3 is 1. The van der Waals surface area contributed by atoms with Gasteiger partial charge in [0.15, 0.2) is 0 Å². The molecule has 0 saturated heterocycles. The maximum Gasteiger partial charge on any atom is 0.573 e. The molecule has 1 amide bonds. The zero-order valence-electron chi connectivity index (χ0n) is 21.3. The minimum Gasteiger partial charge on any atom is -0.496 e. The molecule has 1 saturated carbocycles. The molecule has 3 aromatic carbocycles. The average Bonchev–Trinajstić information content (AvgIpc) is 3.27. The van der Waals surface area contributed by atoms with Crippen LogP contribution in [0.2, 0.25) is 5.02 Å². The van der Waals surface area contributed by atoms with E-state index in [2.05, 4.69) is 4.74 Å². The summed E-state index contributed by atoms with van der Waals surface area (Å²) in [5.41, 5.74) is 2.32. The van der Waals surface area contributed by atoms with Crippen LogP contribution in [-0.4, -0.2) is 30.3 Å². The first-order valence-electron chi connectivity index (χ1n) is 12.7. The lowest BCUT2D eigenvalue weighted by Gasteiger charge is -2.34. The second-order valence-corrected chi connectivity index (χ2v) is 11.0. The molecule has 0 unspecified atom stereocenters. The topological polar surface area (TPSA) is 38.8 Å². The molecule has 1 aliphatic rings. The lowest BCUT2D eigenvalue weighted by Crippen LogP contribution is -2.40. The van der Waals surface area contributed by atoms with E-state index in [9.17, 15) is 18.0 Å². The Hall–Kier alpha value is -3.23. The number of nitrogens with zero attached hydrogens (tertiary/aromatic N) is 1. The van der Waals surface area contributed by atoms with Crippen LogP contribution in [0, 0.1) is 0 Å². The van der Waals surface area contributed by atoms with Crippen molar-refractivity contribution in [3.63, 3.8) is 0 Å². The maximum absolute atomic E-state index is 14.1. The van der Waals surface area contributed by atoms with Crippen LogP contribution in [0.15, 0.2) is 66.7 Å². The van der Waals surface area contributed by atoms with Gasteiger partial charge in [0.25, 0.3) is 5.91 Å². The number of alkyl halides is 3. The number of hydrogen-bond acceptors (Lipinski definition) is 4. The number of carbonyl (C=O) groups is 1. The molecule has 1 aromatic heterocycles. The summed E-state index contributed by atoms with van der Waals surface area (Å²) in [5.74, 6) is 0.246. The zero-order chi connectivity index (χ0) is 27.6. The molecule has 0 N–H and O–H groups in total. The summed E-state index contributed by atoms with van der Waals surface area (Å²) < 4.78 is 48.3.